The van der Waals surface area contributed by atoms with Gasteiger partial charge in [0, 0.05) is 24.0 Å². The van der Waals surface area contributed by atoms with Crippen LogP contribution in [0.15, 0.2) is 30.6 Å². The van der Waals surface area contributed by atoms with Crippen LogP contribution >= 0.6 is 11.3 Å². The van der Waals surface area contributed by atoms with Crippen molar-refractivity contribution >= 4 is 33.3 Å². The fourth-order valence-corrected chi connectivity index (χ4v) is 4.82. The summed E-state index contributed by atoms with van der Waals surface area (Å²) in [6.07, 6.45) is 0.451. The highest BCUT2D eigenvalue weighted by Crippen LogP contribution is 2.40. The first kappa shape index (κ1) is 19.6. The van der Waals surface area contributed by atoms with E-state index in [1.807, 2.05) is 17.3 Å². The third-order valence-electron chi connectivity index (χ3n) is 4.93. The van der Waals surface area contributed by atoms with Gasteiger partial charge in [0.05, 0.1) is 5.39 Å². The van der Waals surface area contributed by atoms with Crippen molar-refractivity contribution in [1.29, 1.82) is 0 Å². The molecule has 0 radical (unpaired) electrons. The zero-order valence-corrected chi connectivity index (χ0v) is 16.5. The van der Waals surface area contributed by atoms with Gasteiger partial charge >= 0.3 is 6.18 Å². The topological polar surface area (TPSA) is 58.1 Å². The third-order valence-corrected chi connectivity index (χ3v) is 6.13. The lowest BCUT2D eigenvalue weighted by molar-refractivity contribution is -0.123. The minimum absolute atomic E-state index is 0.195. The molecule has 2 heterocycles. The van der Waals surface area contributed by atoms with Crippen LogP contribution in [0.2, 0.25) is 0 Å². The predicted octanol–water partition coefficient (Wildman–Crippen LogP) is 4.11. The number of hydrogen-bond donors (Lipinski definition) is 1. The zero-order chi connectivity index (χ0) is 20.6. The van der Waals surface area contributed by atoms with Crippen LogP contribution in [0.25, 0.3) is 10.2 Å². The maximum Gasteiger partial charge on any atom is 0.405 e. The Kier molecular flexibility index (Phi) is 5.16. The molecule has 0 spiro atoms. The SMILES string of the molecule is CN(Cc1ccc(C(=O)NCC(F)(F)F)cc1)c1ncnc2sc3c(c12)CCC3. The Morgan fingerprint density at radius 2 is 1.97 bits per heavy atom. The van der Waals surface area contributed by atoms with Crippen molar-refractivity contribution in [3.05, 3.63) is 52.2 Å². The fraction of sp³-hybridized carbons (Fsp3) is 0.350. The molecule has 0 fully saturated rings. The molecule has 152 valence electrons. The van der Waals surface area contributed by atoms with Gasteiger partial charge in [-0.1, -0.05) is 12.1 Å². The number of thiophene rings is 1. The van der Waals surface area contributed by atoms with Gasteiger partial charge in [-0.25, -0.2) is 9.97 Å². The lowest BCUT2D eigenvalue weighted by Gasteiger charge is -2.19. The summed E-state index contributed by atoms with van der Waals surface area (Å²) in [4.78, 5) is 25.2. The largest absolute Gasteiger partial charge is 0.405 e. The summed E-state index contributed by atoms with van der Waals surface area (Å²) < 4.78 is 36.7. The second-order valence-corrected chi connectivity index (χ2v) is 8.17. The molecule has 0 bridgehead atoms. The van der Waals surface area contributed by atoms with Gasteiger partial charge in [0.25, 0.3) is 5.91 Å². The van der Waals surface area contributed by atoms with Gasteiger partial charge in [-0.15, -0.1) is 11.3 Å². The monoisotopic (exact) mass is 420 g/mol. The van der Waals surface area contributed by atoms with E-state index in [0.717, 1.165) is 40.9 Å². The number of aryl methyl sites for hydroxylation is 2. The Morgan fingerprint density at radius 3 is 2.69 bits per heavy atom. The zero-order valence-electron chi connectivity index (χ0n) is 15.7. The Labute approximate surface area is 169 Å². The number of hydrogen-bond acceptors (Lipinski definition) is 5. The summed E-state index contributed by atoms with van der Waals surface area (Å²) in [5.74, 6) is 0.134. The van der Waals surface area contributed by atoms with Crippen molar-refractivity contribution in [2.45, 2.75) is 32.0 Å². The number of aromatic nitrogens is 2. The maximum absolute atomic E-state index is 12.2. The molecule has 9 heteroatoms. The highest BCUT2D eigenvalue weighted by atomic mass is 32.1. The second kappa shape index (κ2) is 7.62. The van der Waals surface area contributed by atoms with Crippen LogP contribution in [0.1, 0.15) is 32.8 Å². The van der Waals surface area contributed by atoms with Crippen LogP contribution in [0, 0.1) is 0 Å². The molecule has 1 aliphatic carbocycles. The molecular weight excluding hydrogens is 401 g/mol. The van der Waals surface area contributed by atoms with Crippen molar-refractivity contribution in [3.8, 4) is 0 Å². The standard InChI is InChI=1S/C20H19F3N4OS/c1-27(17-16-14-3-2-4-15(14)29-19(16)26-11-25-17)9-12-5-7-13(8-6-12)18(28)24-10-20(21,22)23/h5-8,11H,2-4,9-10H2,1H3,(H,24,28). The minimum Gasteiger partial charge on any atom is -0.355 e. The van der Waals surface area contributed by atoms with Crippen molar-refractivity contribution in [3.63, 3.8) is 0 Å². The first-order chi connectivity index (χ1) is 13.8. The summed E-state index contributed by atoms with van der Waals surface area (Å²) >= 11 is 1.73. The van der Waals surface area contributed by atoms with Crippen LogP contribution < -0.4 is 10.2 Å². The molecule has 1 aliphatic rings. The quantitative estimate of drug-likeness (QED) is 0.675. The lowest BCUT2D eigenvalue weighted by Crippen LogP contribution is -2.33. The molecule has 0 unspecified atom stereocenters. The van der Waals surface area contributed by atoms with E-state index in [4.69, 9.17) is 0 Å². The summed E-state index contributed by atoms with van der Waals surface area (Å²) in [5, 5.41) is 3.00. The Bertz CT molecular complexity index is 1050. The van der Waals surface area contributed by atoms with Gasteiger partial charge < -0.3 is 10.2 Å². The van der Waals surface area contributed by atoms with Gasteiger partial charge in [0.1, 0.15) is 23.5 Å². The number of fused-ring (bicyclic) bond motifs is 3. The van der Waals surface area contributed by atoms with Gasteiger partial charge in [0.2, 0.25) is 0 Å². The predicted molar refractivity (Wildman–Crippen MR) is 106 cm³/mol. The summed E-state index contributed by atoms with van der Waals surface area (Å²) in [6.45, 7) is -0.786. The highest BCUT2D eigenvalue weighted by molar-refractivity contribution is 7.19. The number of alkyl halides is 3. The first-order valence-electron chi connectivity index (χ1n) is 9.22. The first-order valence-corrected chi connectivity index (χ1v) is 10.0. The summed E-state index contributed by atoms with van der Waals surface area (Å²) in [7, 11) is 1.95. The highest BCUT2D eigenvalue weighted by Gasteiger charge is 2.28. The van der Waals surface area contributed by atoms with E-state index in [-0.39, 0.29) is 5.56 Å². The maximum atomic E-state index is 12.2. The van der Waals surface area contributed by atoms with Gasteiger partial charge in [-0.2, -0.15) is 13.2 Å². The van der Waals surface area contributed by atoms with Crippen LogP contribution in [-0.4, -0.2) is 35.6 Å². The van der Waals surface area contributed by atoms with E-state index >= 15 is 0 Å². The molecule has 1 N–H and O–H groups in total. The number of amides is 1. The van der Waals surface area contributed by atoms with Gasteiger partial charge in [-0.3, -0.25) is 4.79 Å². The number of benzene rings is 1. The molecule has 29 heavy (non-hydrogen) atoms. The summed E-state index contributed by atoms with van der Waals surface area (Å²) in [5.41, 5.74) is 2.48. The third kappa shape index (κ3) is 4.19. The number of nitrogens with one attached hydrogen (secondary N) is 1. The number of carbonyl (C=O) groups excluding carboxylic acids is 1. The molecule has 4 rings (SSSR count). The molecule has 1 aromatic carbocycles. The van der Waals surface area contributed by atoms with Crippen LogP contribution in [0.4, 0.5) is 19.0 Å². The van der Waals surface area contributed by atoms with Crippen LogP contribution in [0.3, 0.4) is 0 Å². The number of rotatable bonds is 5. The van der Waals surface area contributed by atoms with Crippen molar-refractivity contribution in [1.82, 2.24) is 15.3 Å². The lowest BCUT2D eigenvalue weighted by atomic mass is 10.1. The number of nitrogens with zero attached hydrogens (tertiary/aromatic N) is 3. The van der Waals surface area contributed by atoms with Crippen LogP contribution in [0.5, 0.6) is 0 Å². The van der Waals surface area contributed by atoms with E-state index in [9.17, 15) is 18.0 Å². The Hall–Kier alpha value is -2.68. The van der Waals surface area contributed by atoms with E-state index in [1.54, 1.807) is 29.8 Å². The molecule has 0 saturated heterocycles. The van der Waals surface area contributed by atoms with Crippen molar-refractivity contribution in [2.75, 3.05) is 18.5 Å². The van der Waals surface area contributed by atoms with Crippen molar-refractivity contribution in [2.24, 2.45) is 0 Å². The molecule has 0 saturated carbocycles. The minimum atomic E-state index is -4.43. The van der Waals surface area contributed by atoms with Crippen molar-refractivity contribution < 1.29 is 18.0 Å². The molecule has 3 aromatic rings. The van der Waals surface area contributed by atoms with E-state index in [1.165, 1.54) is 22.6 Å². The average Bonchev–Trinajstić information content (AvgIpc) is 3.27. The Morgan fingerprint density at radius 1 is 1.21 bits per heavy atom. The normalized spacial score (nSPS) is 13.5. The number of carbonyl (C=O) groups is 1. The van der Waals surface area contributed by atoms with E-state index in [2.05, 4.69) is 9.97 Å². The average molecular weight is 420 g/mol. The molecule has 0 aliphatic heterocycles. The fourth-order valence-electron chi connectivity index (χ4n) is 3.59. The van der Waals surface area contributed by atoms with Gasteiger partial charge in [0.15, 0.2) is 0 Å². The molecule has 5 nitrogen and oxygen atoms in total. The summed E-state index contributed by atoms with van der Waals surface area (Å²) in [6, 6.07) is 6.56. The number of anilines is 1. The van der Waals surface area contributed by atoms with E-state index < -0.39 is 18.6 Å². The molecule has 0 atom stereocenters. The number of halogens is 3. The Balaban J connectivity index is 1.49. The van der Waals surface area contributed by atoms with Crippen LogP contribution in [-0.2, 0) is 19.4 Å². The smallest absolute Gasteiger partial charge is 0.355 e. The molecular formula is C20H19F3N4OS. The molecule has 2 aromatic heterocycles. The second-order valence-electron chi connectivity index (χ2n) is 7.09. The van der Waals surface area contributed by atoms with E-state index in [0.29, 0.717) is 6.54 Å². The van der Waals surface area contributed by atoms with Gasteiger partial charge in [-0.05, 0) is 42.5 Å². The molecule has 1 amide bonds.